The van der Waals surface area contributed by atoms with Gasteiger partial charge in [0, 0.05) is 50.0 Å². The Kier molecular flexibility index (Phi) is 10.7. The molecule has 2 aromatic rings. The number of likely N-dealkylation sites (N-methyl/N-ethyl adjacent to an activating group) is 1. The molecule has 0 bridgehead atoms. The maximum Gasteiger partial charge on any atom is 0.191 e. The standard InChI is InChI=1S/C23H36ClN7.HI/c1-25-23(27-15-21(29(2)3)19-14-28-31(5)16-19)26-13-18-9-7-11-30(4)22(18)17-8-6-10-20(24)12-17;/h6,8,10,12,14,16,18,21-22H,7,9,11,13,15H2,1-5H3,(H2,25,26,27);1H. The molecule has 1 aromatic heterocycles. The number of piperidine rings is 1. The molecule has 1 aliphatic rings. The van der Waals surface area contributed by atoms with Gasteiger partial charge in [-0.05, 0) is 64.1 Å². The van der Waals surface area contributed by atoms with E-state index in [0.29, 0.717) is 12.0 Å². The number of benzene rings is 1. The zero-order chi connectivity index (χ0) is 22.4. The molecule has 0 aliphatic carbocycles. The van der Waals surface area contributed by atoms with E-state index in [4.69, 9.17) is 11.6 Å². The fraction of sp³-hybridized carbons (Fsp3) is 0.565. The van der Waals surface area contributed by atoms with Crippen molar-refractivity contribution in [3.8, 4) is 0 Å². The third kappa shape index (κ3) is 7.07. The summed E-state index contributed by atoms with van der Waals surface area (Å²) in [6, 6.07) is 8.84. The van der Waals surface area contributed by atoms with E-state index < -0.39 is 0 Å². The van der Waals surface area contributed by atoms with Crippen molar-refractivity contribution in [2.75, 3.05) is 47.8 Å². The normalized spacial score (nSPS) is 20.7. The predicted molar refractivity (Wildman–Crippen MR) is 144 cm³/mol. The summed E-state index contributed by atoms with van der Waals surface area (Å²) >= 11 is 6.28. The molecule has 7 nitrogen and oxygen atoms in total. The monoisotopic (exact) mass is 573 g/mol. The highest BCUT2D eigenvalue weighted by Gasteiger charge is 2.30. The van der Waals surface area contributed by atoms with Crippen LogP contribution in [-0.2, 0) is 7.05 Å². The van der Waals surface area contributed by atoms with Crippen molar-refractivity contribution >= 4 is 41.5 Å². The number of nitrogens with zero attached hydrogens (tertiary/aromatic N) is 5. The number of guanidine groups is 1. The Morgan fingerprint density at radius 2 is 2.09 bits per heavy atom. The van der Waals surface area contributed by atoms with Crippen LogP contribution < -0.4 is 10.6 Å². The number of aryl methyl sites for hydroxylation is 1. The highest BCUT2D eigenvalue weighted by Crippen LogP contribution is 2.35. The minimum absolute atomic E-state index is 0. The first kappa shape index (κ1) is 26.9. The summed E-state index contributed by atoms with van der Waals surface area (Å²) in [4.78, 5) is 9.10. The molecule has 32 heavy (non-hydrogen) atoms. The van der Waals surface area contributed by atoms with E-state index in [0.717, 1.165) is 30.6 Å². The second-order valence-electron chi connectivity index (χ2n) is 8.64. The maximum absolute atomic E-state index is 6.28. The van der Waals surface area contributed by atoms with E-state index in [-0.39, 0.29) is 30.0 Å². The van der Waals surface area contributed by atoms with Crippen LogP contribution in [0.5, 0.6) is 0 Å². The molecule has 3 rings (SSSR count). The van der Waals surface area contributed by atoms with Gasteiger partial charge in [0.1, 0.15) is 0 Å². The third-order valence-electron chi connectivity index (χ3n) is 6.15. The average molecular weight is 574 g/mol. The molecule has 1 aliphatic heterocycles. The van der Waals surface area contributed by atoms with Gasteiger partial charge in [-0.25, -0.2) is 0 Å². The quantitative estimate of drug-likeness (QED) is 0.302. The summed E-state index contributed by atoms with van der Waals surface area (Å²) in [6.07, 6.45) is 6.38. The Bertz CT molecular complexity index is 870. The van der Waals surface area contributed by atoms with E-state index in [1.54, 1.807) is 0 Å². The molecule has 0 radical (unpaired) electrons. The molecule has 3 atom stereocenters. The van der Waals surface area contributed by atoms with Crippen LogP contribution in [0.1, 0.15) is 36.1 Å². The zero-order valence-corrected chi connectivity index (χ0v) is 22.8. The summed E-state index contributed by atoms with van der Waals surface area (Å²) in [5.74, 6) is 1.31. The summed E-state index contributed by atoms with van der Waals surface area (Å²) in [5.41, 5.74) is 2.47. The molecule has 0 saturated carbocycles. The lowest BCUT2D eigenvalue weighted by Gasteiger charge is -2.40. The summed E-state index contributed by atoms with van der Waals surface area (Å²) in [7, 11) is 10.2. The minimum Gasteiger partial charge on any atom is -0.356 e. The minimum atomic E-state index is 0. The van der Waals surface area contributed by atoms with Crippen molar-refractivity contribution in [1.29, 1.82) is 0 Å². The molecule has 0 amide bonds. The third-order valence-corrected chi connectivity index (χ3v) is 6.38. The molecular weight excluding hydrogens is 537 g/mol. The fourth-order valence-corrected chi connectivity index (χ4v) is 4.74. The Morgan fingerprint density at radius 3 is 2.72 bits per heavy atom. The van der Waals surface area contributed by atoms with Crippen LogP contribution >= 0.6 is 35.6 Å². The summed E-state index contributed by atoms with van der Waals surface area (Å²) in [6.45, 7) is 2.72. The Balaban J connectivity index is 0.00000363. The van der Waals surface area contributed by atoms with Crippen molar-refractivity contribution in [3.63, 3.8) is 0 Å². The number of hydrogen-bond acceptors (Lipinski definition) is 4. The average Bonchev–Trinajstić information content (AvgIpc) is 3.16. The van der Waals surface area contributed by atoms with Gasteiger partial charge in [-0.15, -0.1) is 24.0 Å². The molecule has 1 saturated heterocycles. The van der Waals surface area contributed by atoms with E-state index >= 15 is 0 Å². The molecule has 1 aromatic carbocycles. The van der Waals surface area contributed by atoms with Crippen LogP contribution in [0.3, 0.4) is 0 Å². The number of rotatable bonds is 7. The summed E-state index contributed by atoms with van der Waals surface area (Å²) < 4.78 is 1.84. The Morgan fingerprint density at radius 1 is 1.31 bits per heavy atom. The lowest BCUT2D eigenvalue weighted by atomic mass is 9.85. The second-order valence-corrected chi connectivity index (χ2v) is 9.08. The van der Waals surface area contributed by atoms with Gasteiger partial charge in [0.05, 0.1) is 12.2 Å². The van der Waals surface area contributed by atoms with Crippen LogP contribution in [0, 0.1) is 5.92 Å². The van der Waals surface area contributed by atoms with Crippen LogP contribution in [0.4, 0.5) is 0 Å². The number of likely N-dealkylation sites (tertiary alicyclic amines) is 1. The lowest BCUT2D eigenvalue weighted by molar-refractivity contribution is 0.122. The maximum atomic E-state index is 6.28. The molecule has 2 N–H and O–H groups in total. The van der Waals surface area contributed by atoms with Crippen molar-refractivity contribution in [2.24, 2.45) is 18.0 Å². The van der Waals surface area contributed by atoms with Crippen molar-refractivity contribution in [3.05, 3.63) is 52.8 Å². The van der Waals surface area contributed by atoms with Gasteiger partial charge in [-0.3, -0.25) is 14.6 Å². The first-order chi connectivity index (χ1) is 14.9. The van der Waals surface area contributed by atoms with Crippen molar-refractivity contribution < 1.29 is 0 Å². The molecule has 1 fully saturated rings. The first-order valence-electron chi connectivity index (χ1n) is 10.9. The van der Waals surface area contributed by atoms with Gasteiger partial charge in [0.15, 0.2) is 5.96 Å². The van der Waals surface area contributed by atoms with Crippen LogP contribution in [-0.4, -0.2) is 73.4 Å². The second kappa shape index (κ2) is 12.8. The van der Waals surface area contributed by atoms with E-state index in [1.807, 2.05) is 37.1 Å². The first-order valence-corrected chi connectivity index (χ1v) is 11.3. The molecule has 2 heterocycles. The van der Waals surface area contributed by atoms with Gasteiger partial charge >= 0.3 is 0 Å². The van der Waals surface area contributed by atoms with E-state index in [1.165, 1.54) is 24.0 Å². The van der Waals surface area contributed by atoms with Gasteiger partial charge in [0.2, 0.25) is 0 Å². The van der Waals surface area contributed by atoms with E-state index in [2.05, 4.69) is 70.0 Å². The SMILES string of the molecule is CN=C(NCC1CCCN(C)C1c1cccc(Cl)c1)NCC(c1cnn(C)c1)N(C)C.I. The largest absolute Gasteiger partial charge is 0.356 e. The molecule has 3 unspecified atom stereocenters. The van der Waals surface area contributed by atoms with Crippen molar-refractivity contribution in [1.82, 2.24) is 30.2 Å². The topological polar surface area (TPSA) is 60.7 Å². The van der Waals surface area contributed by atoms with Crippen LogP contribution in [0.15, 0.2) is 41.7 Å². The predicted octanol–water partition coefficient (Wildman–Crippen LogP) is 3.54. The van der Waals surface area contributed by atoms with Crippen LogP contribution in [0.25, 0.3) is 0 Å². The highest BCUT2D eigenvalue weighted by molar-refractivity contribution is 14.0. The zero-order valence-electron chi connectivity index (χ0n) is 19.8. The number of aromatic nitrogens is 2. The van der Waals surface area contributed by atoms with Crippen molar-refractivity contribution in [2.45, 2.75) is 24.9 Å². The molecule has 9 heteroatoms. The van der Waals surface area contributed by atoms with Crippen LogP contribution in [0.2, 0.25) is 5.02 Å². The molecule has 0 spiro atoms. The highest BCUT2D eigenvalue weighted by atomic mass is 127. The number of aliphatic imine (C=N–C) groups is 1. The number of nitrogens with one attached hydrogen (secondary N) is 2. The number of halogens is 2. The molecule has 178 valence electrons. The lowest BCUT2D eigenvalue weighted by Crippen LogP contribution is -2.46. The smallest absolute Gasteiger partial charge is 0.191 e. The Hall–Kier alpha value is -1.36. The van der Waals surface area contributed by atoms with Gasteiger partial charge in [-0.2, -0.15) is 5.10 Å². The molecular formula is C23H37ClIN7. The van der Waals surface area contributed by atoms with Gasteiger partial charge in [-0.1, -0.05) is 23.7 Å². The Labute approximate surface area is 214 Å². The number of hydrogen-bond donors (Lipinski definition) is 2. The van der Waals surface area contributed by atoms with Gasteiger partial charge in [0.25, 0.3) is 0 Å². The fourth-order valence-electron chi connectivity index (χ4n) is 4.54. The summed E-state index contributed by atoms with van der Waals surface area (Å²) in [5, 5.41) is 12.2. The van der Waals surface area contributed by atoms with E-state index in [9.17, 15) is 0 Å². The van der Waals surface area contributed by atoms with Gasteiger partial charge < -0.3 is 15.5 Å².